The molecule has 2 atom stereocenters. The lowest BCUT2D eigenvalue weighted by atomic mass is 10.1. The molecule has 1 fully saturated rings. The third kappa shape index (κ3) is 4.78. The smallest absolute Gasteiger partial charge is 0.122 e. The first-order chi connectivity index (χ1) is 9.56. The van der Waals surface area contributed by atoms with Gasteiger partial charge in [0.2, 0.25) is 0 Å². The van der Waals surface area contributed by atoms with E-state index in [9.17, 15) is 10.2 Å². The highest BCUT2D eigenvalue weighted by atomic mass is 16.5. The Morgan fingerprint density at radius 2 is 2.00 bits per heavy atom. The van der Waals surface area contributed by atoms with E-state index in [0.29, 0.717) is 19.0 Å². The van der Waals surface area contributed by atoms with Gasteiger partial charge < -0.3 is 20.3 Å². The fraction of sp³-hybridized carbons (Fsp3) is 0.625. The van der Waals surface area contributed by atoms with Crippen molar-refractivity contribution in [2.75, 3.05) is 19.7 Å². The van der Waals surface area contributed by atoms with E-state index in [-0.39, 0.29) is 12.7 Å². The molecule has 2 rings (SSSR count). The summed E-state index contributed by atoms with van der Waals surface area (Å²) in [7, 11) is 0. The maximum atomic E-state index is 9.87. The molecule has 0 amide bonds. The normalized spacial score (nSPS) is 17.8. The van der Waals surface area contributed by atoms with Crippen LogP contribution in [0.4, 0.5) is 0 Å². The average Bonchev–Trinajstić information content (AvgIpc) is 3.24. The summed E-state index contributed by atoms with van der Waals surface area (Å²) in [6.07, 6.45) is 1.41. The highest BCUT2D eigenvalue weighted by Gasteiger charge is 2.29. The van der Waals surface area contributed by atoms with Crippen LogP contribution in [0.1, 0.15) is 24.0 Å². The van der Waals surface area contributed by atoms with Crippen LogP contribution in [0.25, 0.3) is 0 Å². The molecule has 0 aliphatic heterocycles. The van der Waals surface area contributed by atoms with E-state index in [1.807, 2.05) is 32.0 Å². The highest BCUT2D eigenvalue weighted by Crippen LogP contribution is 2.32. The van der Waals surface area contributed by atoms with Gasteiger partial charge in [-0.05, 0) is 49.8 Å². The monoisotopic (exact) mass is 279 g/mol. The molecule has 0 radical (unpaired) electrons. The lowest BCUT2D eigenvalue weighted by molar-refractivity contribution is 0.0963. The van der Waals surface area contributed by atoms with Gasteiger partial charge in [-0.1, -0.05) is 12.1 Å². The van der Waals surface area contributed by atoms with Crippen molar-refractivity contribution in [3.63, 3.8) is 0 Å². The molecule has 1 saturated carbocycles. The fourth-order valence-corrected chi connectivity index (χ4v) is 2.15. The number of aliphatic hydroxyl groups is 2. The number of nitrogens with one attached hydrogen (secondary N) is 1. The molecule has 3 N–H and O–H groups in total. The van der Waals surface area contributed by atoms with Gasteiger partial charge in [0, 0.05) is 13.1 Å². The second-order valence-corrected chi connectivity index (χ2v) is 5.80. The van der Waals surface area contributed by atoms with Gasteiger partial charge in [0.25, 0.3) is 0 Å². The first kappa shape index (κ1) is 15.3. The van der Waals surface area contributed by atoms with Crippen LogP contribution in [-0.4, -0.2) is 42.1 Å². The highest BCUT2D eigenvalue weighted by molar-refractivity contribution is 5.35. The Morgan fingerprint density at radius 3 is 2.70 bits per heavy atom. The molecule has 1 aromatic rings. The number of rotatable bonds is 8. The first-order valence-electron chi connectivity index (χ1n) is 7.33. The van der Waals surface area contributed by atoms with Crippen LogP contribution in [0, 0.1) is 19.8 Å². The third-order valence-corrected chi connectivity index (χ3v) is 3.67. The first-order valence-corrected chi connectivity index (χ1v) is 7.33. The molecule has 1 aromatic carbocycles. The predicted molar refractivity (Wildman–Crippen MR) is 79.0 cm³/mol. The van der Waals surface area contributed by atoms with Gasteiger partial charge in [-0.15, -0.1) is 0 Å². The van der Waals surface area contributed by atoms with E-state index in [4.69, 9.17) is 4.74 Å². The number of ether oxygens (including phenoxy) is 1. The fourth-order valence-electron chi connectivity index (χ4n) is 2.15. The van der Waals surface area contributed by atoms with Crippen molar-refractivity contribution in [2.45, 2.75) is 38.9 Å². The zero-order chi connectivity index (χ0) is 14.5. The minimum Gasteiger partial charge on any atom is -0.491 e. The van der Waals surface area contributed by atoms with E-state index in [1.54, 1.807) is 0 Å². The molecule has 0 spiro atoms. The number of aryl methyl sites for hydroxylation is 2. The Hall–Kier alpha value is -1.10. The number of aliphatic hydroxyl groups excluding tert-OH is 2. The number of hydrogen-bond donors (Lipinski definition) is 3. The minimum atomic E-state index is -0.568. The van der Waals surface area contributed by atoms with E-state index < -0.39 is 6.10 Å². The molecular formula is C16H25NO3. The van der Waals surface area contributed by atoms with Crippen molar-refractivity contribution >= 4 is 0 Å². The topological polar surface area (TPSA) is 61.7 Å². The van der Waals surface area contributed by atoms with Crippen LogP contribution in [0.2, 0.25) is 0 Å². The van der Waals surface area contributed by atoms with Crippen LogP contribution in [0.5, 0.6) is 5.75 Å². The van der Waals surface area contributed by atoms with Gasteiger partial charge in [-0.3, -0.25) is 0 Å². The van der Waals surface area contributed by atoms with Crippen molar-refractivity contribution in [3.8, 4) is 5.75 Å². The van der Waals surface area contributed by atoms with Crippen molar-refractivity contribution in [3.05, 3.63) is 29.3 Å². The molecule has 2 unspecified atom stereocenters. The van der Waals surface area contributed by atoms with E-state index in [0.717, 1.165) is 29.7 Å². The van der Waals surface area contributed by atoms with Crippen molar-refractivity contribution < 1.29 is 14.9 Å². The molecule has 0 saturated heterocycles. The number of hydrogen-bond acceptors (Lipinski definition) is 4. The maximum Gasteiger partial charge on any atom is 0.122 e. The van der Waals surface area contributed by atoms with Gasteiger partial charge in [0.1, 0.15) is 18.5 Å². The Kier molecular flexibility index (Phi) is 5.40. The molecule has 4 heteroatoms. The Balaban J connectivity index is 1.66. The van der Waals surface area contributed by atoms with Crippen LogP contribution in [0.3, 0.4) is 0 Å². The lowest BCUT2D eigenvalue weighted by Crippen LogP contribution is -2.36. The van der Waals surface area contributed by atoms with Gasteiger partial charge in [-0.2, -0.15) is 0 Å². The van der Waals surface area contributed by atoms with Gasteiger partial charge in [-0.25, -0.2) is 0 Å². The number of benzene rings is 1. The van der Waals surface area contributed by atoms with Gasteiger partial charge in [0.15, 0.2) is 0 Å². The summed E-state index contributed by atoms with van der Waals surface area (Å²) in [6.45, 7) is 5.26. The summed E-state index contributed by atoms with van der Waals surface area (Å²) < 4.78 is 5.64. The Bertz CT molecular complexity index is 432. The predicted octanol–water partition coefficient (Wildman–Crippen LogP) is 1.40. The lowest BCUT2D eigenvalue weighted by Gasteiger charge is -2.16. The van der Waals surface area contributed by atoms with Crippen LogP contribution in [0.15, 0.2) is 18.2 Å². The minimum absolute atomic E-state index is 0.261. The molecule has 112 valence electrons. The molecular weight excluding hydrogens is 254 g/mol. The second kappa shape index (κ2) is 7.07. The van der Waals surface area contributed by atoms with Gasteiger partial charge in [0.05, 0.1) is 6.10 Å². The van der Waals surface area contributed by atoms with Crippen LogP contribution < -0.4 is 10.1 Å². The van der Waals surface area contributed by atoms with Crippen molar-refractivity contribution in [1.82, 2.24) is 5.32 Å². The summed E-state index contributed by atoms with van der Waals surface area (Å²) in [5.41, 5.74) is 2.21. The summed E-state index contributed by atoms with van der Waals surface area (Å²) in [5.74, 6) is 1.29. The molecule has 1 aliphatic carbocycles. The Labute approximate surface area is 120 Å². The van der Waals surface area contributed by atoms with Crippen LogP contribution >= 0.6 is 0 Å². The molecule has 0 aromatic heterocycles. The molecule has 1 aliphatic rings. The molecule has 0 heterocycles. The largest absolute Gasteiger partial charge is 0.491 e. The summed E-state index contributed by atoms with van der Waals surface area (Å²) in [4.78, 5) is 0. The average molecular weight is 279 g/mol. The SMILES string of the molecule is Cc1ccc(C)c(OCC(O)CNCC(O)C2CC2)c1. The quantitative estimate of drug-likeness (QED) is 0.673. The zero-order valence-corrected chi connectivity index (χ0v) is 12.3. The molecule has 4 nitrogen and oxygen atoms in total. The Morgan fingerprint density at radius 1 is 1.25 bits per heavy atom. The van der Waals surface area contributed by atoms with E-state index in [2.05, 4.69) is 5.32 Å². The third-order valence-electron chi connectivity index (χ3n) is 3.67. The zero-order valence-electron chi connectivity index (χ0n) is 12.3. The van der Waals surface area contributed by atoms with Crippen LogP contribution in [-0.2, 0) is 0 Å². The second-order valence-electron chi connectivity index (χ2n) is 5.80. The molecule has 0 bridgehead atoms. The standard InChI is InChI=1S/C16H25NO3/c1-11-3-4-12(2)16(7-11)20-10-14(18)8-17-9-15(19)13-5-6-13/h3-4,7,13-15,17-19H,5-6,8-10H2,1-2H3. The summed E-state index contributed by atoms with van der Waals surface area (Å²) in [6, 6.07) is 6.03. The summed E-state index contributed by atoms with van der Waals surface area (Å²) >= 11 is 0. The van der Waals surface area contributed by atoms with Crippen molar-refractivity contribution in [1.29, 1.82) is 0 Å². The molecule has 20 heavy (non-hydrogen) atoms. The van der Waals surface area contributed by atoms with Crippen molar-refractivity contribution in [2.24, 2.45) is 5.92 Å². The van der Waals surface area contributed by atoms with E-state index >= 15 is 0 Å². The van der Waals surface area contributed by atoms with Gasteiger partial charge >= 0.3 is 0 Å². The van der Waals surface area contributed by atoms with E-state index in [1.165, 1.54) is 0 Å². The maximum absolute atomic E-state index is 9.87. The summed E-state index contributed by atoms with van der Waals surface area (Å²) in [5, 5.41) is 22.7.